The van der Waals surface area contributed by atoms with Gasteiger partial charge in [-0.1, -0.05) is 29.8 Å². The number of benzene rings is 2. The summed E-state index contributed by atoms with van der Waals surface area (Å²) in [6, 6.07) is 10.6. The second-order valence-electron chi connectivity index (χ2n) is 8.50. The summed E-state index contributed by atoms with van der Waals surface area (Å²) < 4.78 is 45.7. The number of halogens is 3. The molecule has 1 aliphatic rings. The van der Waals surface area contributed by atoms with Gasteiger partial charge in [-0.15, -0.1) is 0 Å². The molecule has 1 saturated heterocycles. The molecule has 1 aliphatic heterocycles. The maximum absolute atomic E-state index is 12.8. The molecule has 2 N–H and O–H groups in total. The molecule has 2 amide bonds. The molecule has 0 radical (unpaired) electrons. The Hall–Kier alpha value is -3.33. The fourth-order valence-electron chi connectivity index (χ4n) is 4.08. The van der Waals surface area contributed by atoms with Crippen molar-refractivity contribution in [1.82, 2.24) is 15.1 Å². The van der Waals surface area contributed by atoms with Crippen LogP contribution in [0.15, 0.2) is 54.9 Å². The Bertz CT molecular complexity index is 1130. The van der Waals surface area contributed by atoms with Crippen LogP contribution in [0.4, 0.5) is 23.7 Å². The van der Waals surface area contributed by atoms with Gasteiger partial charge >= 0.3 is 12.2 Å². The molecule has 0 bridgehead atoms. The van der Waals surface area contributed by atoms with Gasteiger partial charge in [0.2, 0.25) is 0 Å². The van der Waals surface area contributed by atoms with Gasteiger partial charge in [0.15, 0.2) is 0 Å². The number of nitrogens with one attached hydrogen (secondary N) is 2. The zero-order valence-corrected chi connectivity index (χ0v) is 18.4. The quantitative estimate of drug-likeness (QED) is 0.564. The molecule has 0 saturated carbocycles. The van der Waals surface area contributed by atoms with Gasteiger partial charge in [-0.25, -0.2) is 9.48 Å². The minimum Gasteiger partial charge on any atom is -0.379 e. The molecule has 3 aromatic rings. The van der Waals surface area contributed by atoms with Crippen molar-refractivity contribution in [2.24, 2.45) is 0 Å². The minimum atomic E-state index is -4.38. The van der Waals surface area contributed by atoms with Crippen molar-refractivity contribution < 1.29 is 22.7 Å². The third kappa shape index (κ3) is 5.36. The number of amides is 2. The highest BCUT2D eigenvalue weighted by Crippen LogP contribution is 2.30. The topological polar surface area (TPSA) is 68.2 Å². The van der Waals surface area contributed by atoms with Gasteiger partial charge in [0, 0.05) is 6.61 Å². The van der Waals surface area contributed by atoms with Crippen LogP contribution in [0.2, 0.25) is 0 Å². The molecule has 6 nitrogen and oxygen atoms in total. The highest BCUT2D eigenvalue weighted by atomic mass is 19.4. The molecule has 33 heavy (non-hydrogen) atoms. The lowest BCUT2D eigenvalue weighted by molar-refractivity contribution is -0.137. The van der Waals surface area contributed by atoms with E-state index in [2.05, 4.69) is 21.8 Å². The first-order chi connectivity index (χ1) is 15.6. The summed E-state index contributed by atoms with van der Waals surface area (Å²) in [5, 5.41) is 10.1. The number of hydrogen-bond acceptors (Lipinski definition) is 3. The molecule has 0 spiro atoms. The van der Waals surface area contributed by atoms with E-state index in [4.69, 9.17) is 4.74 Å². The molecule has 1 fully saturated rings. The monoisotopic (exact) mass is 458 g/mol. The lowest BCUT2D eigenvalue weighted by atomic mass is 9.89. The normalized spacial score (nSPS) is 18.3. The average molecular weight is 458 g/mol. The van der Waals surface area contributed by atoms with Crippen LogP contribution in [0.25, 0.3) is 5.69 Å². The molecule has 0 aliphatic carbocycles. The molecule has 1 atom stereocenters. The number of hydrogen-bond donors (Lipinski definition) is 2. The van der Waals surface area contributed by atoms with Crippen LogP contribution >= 0.6 is 0 Å². The summed E-state index contributed by atoms with van der Waals surface area (Å²) >= 11 is 0. The van der Waals surface area contributed by atoms with Gasteiger partial charge in [0.25, 0.3) is 0 Å². The SMILES string of the molecule is Cc1ccc(-n2cc(NC(=O)NC3(Cc4ccc(C(F)(F)F)cc4)CCOC3)cn2)c(C)c1. The minimum absolute atomic E-state index is 0.281. The second-order valence-corrected chi connectivity index (χ2v) is 8.50. The van der Waals surface area contributed by atoms with Crippen LogP contribution < -0.4 is 10.6 Å². The zero-order valence-electron chi connectivity index (χ0n) is 18.4. The molecular formula is C24H25F3N4O2. The van der Waals surface area contributed by atoms with Crippen LogP contribution in [0.1, 0.15) is 28.7 Å². The van der Waals surface area contributed by atoms with E-state index in [-0.39, 0.29) is 6.61 Å². The summed E-state index contributed by atoms with van der Waals surface area (Å²) in [4.78, 5) is 12.7. The molecule has 1 aromatic heterocycles. The fourth-order valence-corrected chi connectivity index (χ4v) is 4.08. The van der Waals surface area contributed by atoms with Crippen LogP contribution in [-0.4, -0.2) is 34.6 Å². The van der Waals surface area contributed by atoms with Crippen molar-refractivity contribution >= 4 is 11.7 Å². The Morgan fingerprint density at radius 1 is 1.18 bits per heavy atom. The third-order valence-electron chi connectivity index (χ3n) is 5.75. The van der Waals surface area contributed by atoms with Crippen LogP contribution in [0.3, 0.4) is 0 Å². The molecule has 9 heteroatoms. The maximum atomic E-state index is 12.8. The van der Waals surface area contributed by atoms with E-state index >= 15 is 0 Å². The van der Waals surface area contributed by atoms with Gasteiger partial charge in [-0.2, -0.15) is 18.3 Å². The van der Waals surface area contributed by atoms with E-state index in [0.717, 1.165) is 28.9 Å². The highest BCUT2D eigenvalue weighted by Gasteiger charge is 2.37. The van der Waals surface area contributed by atoms with E-state index in [1.54, 1.807) is 17.1 Å². The first kappa shape index (κ1) is 22.8. The second kappa shape index (κ2) is 8.90. The van der Waals surface area contributed by atoms with Crippen molar-refractivity contribution in [3.63, 3.8) is 0 Å². The fraction of sp³-hybridized carbons (Fsp3) is 0.333. The predicted octanol–water partition coefficient (Wildman–Crippen LogP) is 5.03. The standard InChI is InChI=1S/C24H25F3N4O2/c1-16-3-8-21(17(2)11-16)31-14-20(13-28-31)29-22(32)30-23(9-10-33-15-23)12-18-4-6-19(7-5-18)24(25,26)27/h3-8,11,13-14H,9-10,12,15H2,1-2H3,(H2,29,30,32). The Morgan fingerprint density at radius 3 is 2.58 bits per heavy atom. The smallest absolute Gasteiger partial charge is 0.379 e. The summed E-state index contributed by atoms with van der Waals surface area (Å²) in [6.45, 7) is 4.76. The number of aryl methyl sites for hydroxylation is 2. The summed E-state index contributed by atoms with van der Waals surface area (Å²) in [7, 11) is 0. The Labute approximate surface area is 189 Å². The van der Waals surface area contributed by atoms with E-state index in [0.29, 0.717) is 30.7 Å². The number of carbonyl (C=O) groups is 1. The molecular weight excluding hydrogens is 433 g/mol. The zero-order chi connectivity index (χ0) is 23.6. The largest absolute Gasteiger partial charge is 0.416 e. The van der Waals surface area contributed by atoms with Gasteiger partial charge in [0.1, 0.15) is 0 Å². The van der Waals surface area contributed by atoms with Gasteiger partial charge in [-0.3, -0.25) is 0 Å². The van der Waals surface area contributed by atoms with E-state index in [1.165, 1.54) is 12.1 Å². The number of carbonyl (C=O) groups excluding carboxylic acids is 1. The number of anilines is 1. The van der Waals surface area contributed by atoms with Crippen molar-refractivity contribution in [1.29, 1.82) is 0 Å². The van der Waals surface area contributed by atoms with Crippen LogP contribution in [0.5, 0.6) is 0 Å². The Kier molecular flexibility index (Phi) is 6.16. The van der Waals surface area contributed by atoms with E-state index in [9.17, 15) is 18.0 Å². The Morgan fingerprint density at radius 2 is 1.94 bits per heavy atom. The number of rotatable bonds is 5. The van der Waals surface area contributed by atoms with Crippen molar-refractivity contribution in [2.45, 2.75) is 38.4 Å². The molecule has 4 rings (SSSR count). The third-order valence-corrected chi connectivity index (χ3v) is 5.75. The van der Waals surface area contributed by atoms with Crippen molar-refractivity contribution in [3.8, 4) is 5.69 Å². The lowest BCUT2D eigenvalue weighted by Gasteiger charge is -2.29. The number of aromatic nitrogens is 2. The first-order valence-corrected chi connectivity index (χ1v) is 10.6. The van der Waals surface area contributed by atoms with Crippen LogP contribution in [-0.2, 0) is 17.3 Å². The van der Waals surface area contributed by atoms with Crippen LogP contribution in [0, 0.1) is 13.8 Å². The van der Waals surface area contributed by atoms with Crippen molar-refractivity contribution in [3.05, 3.63) is 77.1 Å². The molecule has 1 unspecified atom stereocenters. The summed E-state index contributed by atoms with van der Waals surface area (Å²) in [5.41, 5.74) is 2.94. The molecule has 174 valence electrons. The van der Waals surface area contributed by atoms with Gasteiger partial charge in [-0.05, 0) is 56.0 Å². The average Bonchev–Trinajstić information content (AvgIpc) is 3.37. The molecule has 2 aromatic carbocycles. The maximum Gasteiger partial charge on any atom is 0.416 e. The number of nitrogens with zero attached hydrogens (tertiary/aromatic N) is 2. The highest BCUT2D eigenvalue weighted by molar-refractivity contribution is 5.89. The number of ether oxygens (including phenoxy) is 1. The molecule has 2 heterocycles. The predicted molar refractivity (Wildman–Crippen MR) is 119 cm³/mol. The van der Waals surface area contributed by atoms with Crippen molar-refractivity contribution in [2.75, 3.05) is 18.5 Å². The lowest BCUT2D eigenvalue weighted by Crippen LogP contribution is -2.52. The van der Waals surface area contributed by atoms with E-state index < -0.39 is 23.3 Å². The van der Waals surface area contributed by atoms with E-state index in [1.807, 2.05) is 26.0 Å². The van der Waals surface area contributed by atoms with Gasteiger partial charge < -0.3 is 15.4 Å². The summed E-state index contributed by atoms with van der Waals surface area (Å²) in [5.74, 6) is 0. The summed E-state index contributed by atoms with van der Waals surface area (Å²) in [6.07, 6.45) is -0.173. The first-order valence-electron chi connectivity index (χ1n) is 10.6. The Balaban J connectivity index is 1.43. The number of alkyl halides is 3. The van der Waals surface area contributed by atoms with Gasteiger partial charge in [0.05, 0.1) is 41.5 Å². The number of urea groups is 1.